The van der Waals surface area contributed by atoms with Crippen molar-refractivity contribution in [2.24, 2.45) is 0 Å². The van der Waals surface area contributed by atoms with Crippen LogP contribution in [0.3, 0.4) is 0 Å². The van der Waals surface area contributed by atoms with E-state index in [1.165, 1.54) is 11.0 Å². The lowest BCUT2D eigenvalue weighted by Crippen LogP contribution is -2.49. The van der Waals surface area contributed by atoms with E-state index in [9.17, 15) is 26.3 Å². The molecule has 34 heavy (non-hydrogen) atoms. The molecule has 1 aliphatic heterocycles. The number of aromatic nitrogens is 3. The van der Waals surface area contributed by atoms with Gasteiger partial charge in [-0.05, 0) is 30.7 Å². The second-order valence-corrected chi connectivity index (χ2v) is 8.15. The summed E-state index contributed by atoms with van der Waals surface area (Å²) in [7, 11) is 0. The summed E-state index contributed by atoms with van der Waals surface area (Å²) in [6.07, 6.45) is -7.02. The first-order valence-corrected chi connectivity index (χ1v) is 10.6. The van der Waals surface area contributed by atoms with Gasteiger partial charge in [0.05, 0.1) is 35.2 Å². The number of halogens is 6. The van der Waals surface area contributed by atoms with Gasteiger partial charge in [-0.2, -0.15) is 31.4 Å². The standard InChI is InChI=1S/C22H22F6N6/c1-14-19-18(10-17(12-29-19)34-7-5-33(6-8-34)13-21(23,24)25)20(32-31-14)30-11-15-3-2-4-16(9-15)22(26,27)28/h2-4,9-10,12H,5-8,11,13H2,1H3,(H,30,32). The highest BCUT2D eigenvalue weighted by atomic mass is 19.4. The Kier molecular flexibility index (Phi) is 6.52. The Balaban J connectivity index is 1.53. The Labute approximate surface area is 191 Å². The summed E-state index contributed by atoms with van der Waals surface area (Å²) in [5, 5.41) is 11.9. The summed E-state index contributed by atoms with van der Waals surface area (Å²) in [6.45, 7) is 2.26. The number of nitrogens with zero attached hydrogens (tertiary/aromatic N) is 5. The highest BCUT2D eigenvalue weighted by molar-refractivity contribution is 5.92. The van der Waals surface area contributed by atoms with E-state index in [2.05, 4.69) is 20.5 Å². The number of hydrogen-bond donors (Lipinski definition) is 1. The first-order chi connectivity index (χ1) is 16.0. The zero-order chi connectivity index (χ0) is 24.5. The van der Waals surface area contributed by atoms with Crippen LogP contribution in [0.5, 0.6) is 0 Å². The van der Waals surface area contributed by atoms with E-state index in [0.717, 1.165) is 17.8 Å². The molecular weight excluding hydrogens is 462 g/mol. The molecule has 2 aromatic heterocycles. The van der Waals surface area contributed by atoms with Crippen molar-refractivity contribution in [2.45, 2.75) is 25.8 Å². The number of benzene rings is 1. The fourth-order valence-electron chi connectivity index (χ4n) is 3.91. The third-order valence-electron chi connectivity index (χ3n) is 5.63. The minimum Gasteiger partial charge on any atom is -0.368 e. The van der Waals surface area contributed by atoms with Gasteiger partial charge < -0.3 is 10.2 Å². The zero-order valence-corrected chi connectivity index (χ0v) is 18.2. The molecule has 12 heteroatoms. The van der Waals surface area contributed by atoms with Crippen molar-refractivity contribution in [3.05, 3.63) is 53.3 Å². The first-order valence-electron chi connectivity index (χ1n) is 10.6. The maximum absolute atomic E-state index is 13.0. The van der Waals surface area contributed by atoms with E-state index in [0.29, 0.717) is 41.1 Å². The Hall–Kier alpha value is -3.15. The van der Waals surface area contributed by atoms with Gasteiger partial charge in [-0.1, -0.05) is 12.1 Å². The first kappa shape index (κ1) is 24.0. The number of nitrogens with one attached hydrogen (secondary N) is 1. The summed E-state index contributed by atoms with van der Waals surface area (Å²) < 4.78 is 76.9. The van der Waals surface area contributed by atoms with Crippen LogP contribution in [0.1, 0.15) is 16.8 Å². The van der Waals surface area contributed by atoms with Crippen LogP contribution in [-0.4, -0.2) is 59.0 Å². The Morgan fingerprint density at radius 3 is 2.38 bits per heavy atom. The monoisotopic (exact) mass is 484 g/mol. The molecule has 0 unspecified atom stereocenters. The van der Waals surface area contributed by atoms with E-state index in [-0.39, 0.29) is 19.6 Å². The van der Waals surface area contributed by atoms with Gasteiger partial charge in [0, 0.05) is 38.1 Å². The number of piperazine rings is 1. The molecule has 0 spiro atoms. The van der Waals surface area contributed by atoms with Crippen LogP contribution in [-0.2, 0) is 12.7 Å². The SMILES string of the molecule is Cc1nnc(NCc2cccc(C(F)(F)F)c2)c2cc(N3CCN(CC(F)(F)F)CC3)cnc12. The van der Waals surface area contributed by atoms with Crippen LogP contribution in [0.4, 0.5) is 37.8 Å². The lowest BCUT2D eigenvalue weighted by atomic mass is 10.1. The molecule has 0 saturated carbocycles. The maximum Gasteiger partial charge on any atom is 0.416 e. The Morgan fingerprint density at radius 2 is 1.71 bits per heavy atom. The van der Waals surface area contributed by atoms with Crippen molar-refractivity contribution in [3.63, 3.8) is 0 Å². The fraction of sp³-hybridized carbons (Fsp3) is 0.409. The Morgan fingerprint density at radius 1 is 0.971 bits per heavy atom. The highest BCUT2D eigenvalue weighted by Crippen LogP contribution is 2.30. The molecule has 0 radical (unpaired) electrons. The molecule has 0 atom stereocenters. The van der Waals surface area contributed by atoms with Gasteiger partial charge >= 0.3 is 12.4 Å². The van der Waals surface area contributed by atoms with Gasteiger partial charge in [-0.15, -0.1) is 5.10 Å². The second-order valence-electron chi connectivity index (χ2n) is 8.15. The lowest BCUT2D eigenvalue weighted by molar-refractivity contribution is -0.146. The molecule has 1 fully saturated rings. The van der Waals surface area contributed by atoms with Crippen LogP contribution in [0.15, 0.2) is 36.5 Å². The van der Waals surface area contributed by atoms with Gasteiger partial charge in [0.1, 0.15) is 0 Å². The number of fused-ring (bicyclic) bond motifs is 1. The maximum atomic E-state index is 13.0. The summed E-state index contributed by atoms with van der Waals surface area (Å²) >= 11 is 0. The number of hydrogen-bond acceptors (Lipinski definition) is 6. The number of aryl methyl sites for hydroxylation is 1. The summed E-state index contributed by atoms with van der Waals surface area (Å²) in [4.78, 5) is 7.78. The van der Waals surface area contributed by atoms with Crippen LogP contribution >= 0.6 is 0 Å². The number of pyridine rings is 1. The number of anilines is 2. The summed E-state index contributed by atoms with van der Waals surface area (Å²) in [5.41, 5.74) is 1.59. The molecule has 0 amide bonds. The third-order valence-corrected chi connectivity index (χ3v) is 5.63. The molecule has 1 aromatic carbocycles. The van der Waals surface area contributed by atoms with Crippen LogP contribution in [0.2, 0.25) is 0 Å². The van der Waals surface area contributed by atoms with Crippen molar-refractivity contribution >= 4 is 22.4 Å². The van der Waals surface area contributed by atoms with E-state index in [1.54, 1.807) is 19.2 Å². The molecule has 1 aliphatic rings. The quantitative estimate of drug-likeness (QED) is 0.533. The van der Waals surface area contributed by atoms with E-state index in [4.69, 9.17) is 0 Å². The predicted octanol–water partition coefficient (Wildman–Crippen LogP) is 4.65. The second kappa shape index (κ2) is 9.24. The molecule has 1 N–H and O–H groups in total. The molecule has 0 aliphatic carbocycles. The van der Waals surface area contributed by atoms with Crippen molar-refractivity contribution in [2.75, 3.05) is 42.9 Å². The van der Waals surface area contributed by atoms with Crippen LogP contribution in [0.25, 0.3) is 10.9 Å². The summed E-state index contributed by atoms with van der Waals surface area (Å²) in [6, 6.07) is 6.83. The van der Waals surface area contributed by atoms with Gasteiger partial charge in [-0.25, -0.2) is 0 Å². The fourth-order valence-corrected chi connectivity index (χ4v) is 3.91. The third kappa shape index (κ3) is 5.66. The molecular formula is C22H22F6N6. The van der Waals surface area contributed by atoms with Gasteiger partial charge in [0.2, 0.25) is 0 Å². The topological polar surface area (TPSA) is 57.2 Å². The lowest BCUT2D eigenvalue weighted by Gasteiger charge is -2.36. The number of alkyl halides is 6. The average Bonchev–Trinajstić information content (AvgIpc) is 2.77. The molecule has 4 rings (SSSR count). The van der Waals surface area contributed by atoms with Crippen molar-refractivity contribution in [1.29, 1.82) is 0 Å². The van der Waals surface area contributed by atoms with Crippen molar-refractivity contribution in [1.82, 2.24) is 20.1 Å². The van der Waals surface area contributed by atoms with Crippen LogP contribution < -0.4 is 10.2 Å². The number of rotatable bonds is 5. The van der Waals surface area contributed by atoms with E-state index < -0.39 is 24.5 Å². The smallest absolute Gasteiger partial charge is 0.368 e. The molecule has 182 valence electrons. The predicted molar refractivity (Wildman–Crippen MR) is 116 cm³/mol. The minimum absolute atomic E-state index is 0.0944. The van der Waals surface area contributed by atoms with Crippen molar-refractivity contribution < 1.29 is 26.3 Å². The largest absolute Gasteiger partial charge is 0.416 e. The van der Waals surface area contributed by atoms with Crippen LogP contribution in [0, 0.1) is 6.92 Å². The molecule has 3 aromatic rings. The van der Waals surface area contributed by atoms with E-state index >= 15 is 0 Å². The molecule has 1 saturated heterocycles. The van der Waals surface area contributed by atoms with E-state index in [1.807, 2.05) is 11.0 Å². The van der Waals surface area contributed by atoms with Gasteiger partial charge in [0.15, 0.2) is 5.82 Å². The summed E-state index contributed by atoms with van der Waals surface area (Å²) in [5.74, 6) is 0.364. The average molecular weight is 484 g/mol. The minimum atomic E-state index is -4.44. The van der Waals surface area contributed by atoms with Crippen molar-refractivity contribution in [3.8, 4) is 0 Å². The van der Waals surface area contributed by atoms with Gasteiger partial charge in [-0.3, -0.25) is 9.88 Å². The Bertz CT molecular complexity index is 1150. The highest BCUT2D eigenvalue weighted by Gasteiger charge is 2.32. The molecule has 6 nitrogen and oxygen atoms in total. The molecule has 3 heterocycles. The zero-order valence-electron chi connectivity index (χ0n) is 18.2. The molecule has 0 bridgehead atoms. The van der Waals surface area contributed by atoms with Gasteiger partial charge in [0.25, 0.3) is 0 Å². The normalized spacial score (nSPS) is 15.7.